The highest BCUT2D eigenvalue weighted by molar-refractivity contribution is 8.19. The average Bonchev–Trinajstić information content (AvgIpc) is 1.49. The Kier molecular flexibility index (Phi) is 33.1. The van der Waals surface area contributed by atoms with Gasteiger partial charge in [0.15, 0.2) is 0 Å². The van der Waals surface area contributed by atoms with Crippen molar-refractivity contribution in [2.45, 2.75) is 62.0 Å². The molecule has 6 aliphatic heterocycles. The minimum atomic E-state index is -0.557. The summed E-state index contributed by atoms with van der Waals surface area (Å²) in [5, 5.41) is 5.70. The summed E-state index contributed by atoms with van der Waals surface area (Å²) in [5.74, 6) is -3.21. The molecule has 6 aliphatic rings. The maximum atomic E-state index is 12.3. The highest BCUT2D eigenvalue weighted by atomic mass is 32.2. The lowest BCUT2D eigenvalue weighted by Gasteiger charge is -2.08. The topological polar surface area (TPSA) is 374 Å². The van der Waals surface area contributed by atoms with Gasteiger partial charge in [-0.05, 0) is 242 Å². The Balaban J connectivity index is 0.000000151. The number of aryl methyl sites for hydroxylation is 2. The molecule has 33 heteroatoms. The predicted molar refractivity (Wildman–Crippen MR) is 503 cm³/mol. The van der Waals surface area contributed by atoms with Gasteiger partial charge in [0.05, 0.1) is 75.0 Å². The molecule has 28 nitrogen and oxygen atoms in total. The molecule has 658 valence electrons. The molecule has 130 heavy (non-hydrogen) atoms. The molecular formula is C97H81N9O19S5. The largest absolute Gasteiger partial charge is 0.489 e. The summed E-state index contributed by atoms with van der Waals surface area (Å²) in [5.41, 5.74) is 8.77. The summed E-state index contributed by atoms with van der Waals surface area (Å²) in [6.07, 6.45) is 11.5. The Labute approximate surface area is 766 Å². The second-order valence-electron chi connectivity index (χ2n) is 29.5. The minimum absolute atomic E-state index is 0.167. The van der Waals surface area contributed by atoms with Crippen molar-refractivity contribution in [2.75, 3.05) is 39.3 Å². The highest BCUT2D eigenvalue weighted by Gasteiger charge is 2.41. The van der Waals surface area contributed by atoms with Gasteiger partial charge in [-0.1, -0.05) is 181 Å². The molecule has 0 atom stereocenters. The molecule has 0 aliphatic carbocycles. The Morgan fingerprint density at radius 1 is 0.346 bits per heavy atom. The van der Waals surface area contributed by atoms with Crippen molar-refractivity contribution in [2.24, 2.45) is 0 Å². The maximum Gasteiger partial charge on any atom is 0.329 e. The van der Waals surface area contributed by atoms with Crippen molar-refractivity contribution in [3.8, 4) is 5.75 Å². The number of pyridine rings is 2. The van der Waals surface area contributed by atoms with Crippen molar-refractivity contribution in [3.05, 3.63) is 299 Å². The standard InChI is InChI=1S/C20H17NO4S.2C17H13NO3S.C16H12N2O3S.C14H14N2O3.C13H12N2O3S/c1-14(22)12-21-19(23)18(26-20(21)24)11-15-7-9-17(10-8-15)25-13-16-5-3-2-4-6-16;1-11(19)10-18-16(20)15(22-17(18)21)9-13-7-4-6-12-5-2-3-8-14(12)13;1-11(19)10-18-16(20)15(22-17(18)21)9-12-6-7-13-4-2-3-5-14(13)8-12;1-10(19)9-18-15(20)14(22-16(18)21)8-12-7-6-11-4-2-3-5-13(11)17-12;1-9-3-5-11(6-4-9)7-12-13(18)16(8-10(2)17)14(19)15-12;1-8-3-4-10(6-14-8)5-11-12(17)15(7-9(2)16)13(18)19-11/h2-11H,12-13H2,1H3;2*2-9H,10H2,1H3;2-8H,9H2,1H3;3-7H,8H2,1-2H3,(H,15,19);3-6H,7H2,1-2H3/b18-11-;2*15-9-;14-8-;12-7-;11-5-. The first kappa shape index (κ1) is 96.1. The molecule has 0 bridgehead atoms. The summed E-state index contributed by atoms with van der Waals surface area (Å²) < 4.78 is 5.72. The summed E-state index contributed by atoms with van der Waals surface area (Å²) >= 11 is 4.26. The number of amides is 13. The van der Waals surface area contributed by atoms with Crippen LogP contribution in [-0.4, -0.2) is 181 Å². The average molecular weight is 1840 g/mol. The van der Waals surface area contributed by atoms with Gasteiger partial charge in [-0.2, -0.15) is 0 Å². The highest BCUT2D eigenvalue weighted by Crippen LogP contribution is 2.38. The van der Waals surface area contributed by atoms with E-state index in [9.17, 15) is 86.3 Å². The SMILES string of the molecule is CC(=O)CN1C(=O)N/C(=C\c2ccc(C)cc2)C1=O.CC(=O)CN1C(=O)S/C(=C\c2ccc(C)nc2)C1=O.CC(=O)CN1C(=O)S/C(=C\c2ccc(OCc3ccccc3)cc2)C1=O.CC(=O)CN1C(=O)S/C(=C\c2ccc3ccccc3c2)C1=O.CC(=O)CN1C(=O)S/C(=C\c2ccc3ccccc3n2)C1=O.CC(=O)CN1C(=O)S/C(=C\c2cccc3ccccc23)C1=O. The number of carbonyl (C=O) groups excluding carboxylic acids is 18. The Morgan fingerprint density at radius 2 is 0.738 bits per heavy atom. The molecule has 0 radical (unpaired) electrons. The van der Waals surface area contributed by atoms with E-state index in [1.165, 1.54) is 41.5 Å². The van der Waals surface area contributed by atoms with Crippen LogP contribution in [0.1, 0.15) is 91.9 Å². The molecule has 0 spiro atoms. The molecule has 16 rings (SSSR count). The molecule has 0 unspecified atom stereocenters. The fourth-order valence-corrected chi connectivity index (χ4v) is 16.8. The van der Waals surface area contributed by atoms with Crippen molar-refractivity contribution in [1.29, 1.82) is 0 Å². The van der Waals surface area contributed by atoms with Gasteiger partial charge in [-0.15, -0.1) is 0 Å². The maximum absolute atomic E-state index is 12.3. The zero-order valence-electron chi connectivity index (χ0n) is 71.1. The van der Waals surface area contributed by atoms with Crippen LogP contribution in [0.3, 0.4) is 0 Å². The van der Waals surface area contributed by atoms with Gasteiger partial charge < -0.3 is 10.1 Å². The Morgan fingerprint density at radius 3 is 1.24 bits per heavy atom. The first-order valence-electron chi connectivity index (χ1n) is 39.8. The third-order valence-corrected chi connectivity index (χ3v) is 23.3. The van der Waals surface area contributed by atoms with Crippen molar-refractivity contribution >= 4 is 230 Å². The zero-order valence-corrected chi connectivity index (χ0v) is 75.2. The number of para-hydroxylation sites is 1. The van der Waals surface area contributed by atoms with Crippen LogP contribution in [0.25, 0.3) is 68.9 Å². The number of benzene rings is 8. The van der Waals surface area contributed by atoms with E-state index in [0.29, 0.717) is 31.9 Å². The summed E-state index contributed by atoms with van der Waals surface area (Å²) in [7, 11) is 0. The van der Waals surface area contributed by atoms with Crippen molar-refractivity contribution in [1.82, 2.24) is 44.7 Å². The van der Waals surface area contributed by atoms with E-state index in [1.54, 1.807) is 48.7 Å². The number of ether oxygens (including phenoxy) is 1. The third-order valence-electron chi connectivity index (χ3n) is 18.7. The number of fused-ring (bicyclic) bond motifs is 3. The van der Waals surface area contributed by atoms with Crippen LogP contribution in [0.5, 0.6) is 5.75 Å². The number of ketones is 6. The molecule has 2 aromatic heterocycles. The number of nitrogens with one attached hydrogen (secondary N) is 1. The molecule has 6 fully saturated rings. The lowest BCUT2D eigenvalue weighted by Crippen LogP contribution is -2.34. The van der Waals surface area contributed by atoms with Crippen LogP contribution in [0.2, 0.25) is 0 Å². The molecule has 8 aromatic carbocycles. The van der Waals surface area contributed by atoms with E-state index in [-0.39, 0.29) is 84.6 Å². The smallest absolute Gasteiger partial charge is 0.329 e. The fourth-order valence-electron chi connectivity index (χ4n) is 12.6. The minimum Gasteiger partial charge on any atom is -0.489 e. The second-order valence-corrected chi connectivity index (χ2v) is 34.5. The number of hydrogen-bond donors (Lipinski definition) is 1. The van der Waals surface area contributed by atoms with Gasteiger partial charge in [0.2, 0.25) is 0 Å². The molecule has 10 aromatic rings. The van der Waals surface area contributed by atoms with Crippen LogP contribution in [0, 0.1) is 13.8 Å². The lowest BCUT2D eigenvalue weighted by molar-refractivity contribution is -0.127. The molecular weight excluding hydrogens is 1760 g/mol. The van der Waals surface area contributed by atoms with E-state index in [4.69, 9.17) is 4.74 Å². The Hall–Kier alpha value is -14.5. The molecule has 1 N–H and O–H groups in total. The van der Waals surface area contributed by atoms with Gasteiger partial charge in [-0.3, -0.25) is 116 Å². The van der Waals surface area contributed by atoms with E-state index in [1.807, 2.05) is 220 Å². The van der Waals surface area contributed by atoms with Gasteiger partial charge >= 0.3 is 6.03 Å². The van der Waals surface area contributed by atoms with Crippen LogP contribution in [0.4, 0.5) is 28.8 Å². The summed E-state index contributed by atoms with van der Waals surface area (Å²) in [6, 6.07) is 66.5. The normalized spacial score (nSPS) is 16.6. The quantitative estimate of drug-likeness (QED) is 0.0515. The van der Waals surface area contributed by atoms with Gasteiger partial charge in [-0.25, -0.2) is 9.78 Å². The zero-order chi connectivity index (χ0) is 93.6. The third kappa shape index (κ3) is 26.3. The van der Waals surface area contributed by atoms with Gasteiger partial charge in [0.25, 0.3) is 61.6 Å². The number of Topliss-reactive ketones (excluding diaryl/α,β-unsaturated/α-hetero) is 6. The lowest BCUT2D eigenvalue weighted by atomic mass is 10.0. The number of thioether (sulfide) groups is 5. The number of urea groups is 1. The summed E-state index contributed by atoms with van der Waals surface area (Å²) in [4.78, 5) is 226. The van der Waals surface area contributed by atoms with E-state index < -0.39 is 67.7 Å². The van der Waals surface area contributed by atoms with Crippen LogP contribution < -0.4 is 10.1 Å². The molecule has 8 heterocycles. The summed E-state index contributed by atoms with van der Waals surface area (Å²) in [6.45, 7) is 11.3. The second kappa shape index (κ2) is 44.8. The number of hydrogen-bond acceptors (Lipinski definition) is 26. The number of imide groups is 6. The first-order valence-corrected chi connectivity index (χ1v) is 43.9. The van der Waals surface area contributed by atoms with E-state index in [2.05, 4.69) is 15.3 Å². The van der Waals surface area contributed by atoms with Gasteiger partial charge in [0.1, 0.15) is 52.8 Å². The Bertz CT molecular complexity index is 6230. The van der Waals surface area contributed by atoms with E-state index in [0.717, 1.165) is 171 Å². The number of nitrogens with zero attached hydrogens (tertiary/aromatic N) is 8. The van der Waals surface area contributed by atoms with Crippen molar-refractivity contribution in [3.63, 3.8) is 0 Å². The number of rotatable bonds is 21. The molecule has 13 amide bonds. The number of carbonyl (C=O) groups is 18. The van der Waals surface area contributed by atoms with Gasteiger partial charge in [0, 0.05) is 17.3 Å². The fraction of sp³-hybridized carbons (Fsp3) is 0.155. The van der Waals surface area contributed by atoms with Crippen LogP contribution in [-0.2, 0) is 64.1 Å². The molecule has 6 saturated heterocycles. The predicted octanol–water partition coefficient (Wildman–Crippen LogP) is 17.2. The van der Waals surface area contributed by atoms with Crippen LogP contribution >= 0.6 is 58.8 Å². The van der Waals surface area contributed by atoms with Crippen LogP contribution in [0.15, 0.2) is 249 Å². The molecule has 0 saturated carbocycles. The monoisotopic (exact) mass is 1840 g/mol. The van der Waals surface area contributed by atoms with E-state index >= 15 is 0 Å². The number of aromatic nitrogens is 2. The van der Waals surface area contributed by atoms with Crippen molar-refractivity contribution < 1.29 is 91.0 Å². The first-order chi connectivity index (χ1) is 62.1.